The molecule has 0 aliphatic rings. The summed E-state index contributed by atoms with van der Waals surface area (Å²) in [7, 11) is 7.01. The lowest BCUT2D eigenvalue weighted by Gasteiger charge is -2.13. The van der Waals surface area contributed by atoms with Crippen LogP contribution in [-0.4, -0.2) is 43.6 Å². The molecule has 2 N–H and O–H groups in total. The van der Waals surface area contributed by atoms with Gasteiger partial charge in [0.2, 0.25) is 0 Å². The number of nitrogens with one attached hydrogen (secondary N) is 2. The van der Waals surface area contributed by atoms with Gasteiger partial charge in [0.25, 0.3) is 0 Å². The zero-order valence-corrected chi connectivity index (χ0v) is 16.5. The van der Waals surface area contributed by atoms with Crippen LogP contribution in [0.3, 0.4) is 0 Å². The lowest BCUT2D eigenvalue weighted by Crippen LogP contribution is -2.37. The van der Waals surface area contributed by atoms with Crippen molar-refractivity contribution >= 4 is 5.96 Å². The first kappa shape index (κ1) is 19.6. The van der Waals surface area contributed by atoms with Gasteiger partial charge in [-0.15, -0.1) is 0 Å². The molecule has 0 aliphatic carbocycles. The number of methoxy groups -OCH3 is 2. The molecule has 26 heavy (non-hydrogen) atoms. The first-order valence-electron chi connectivity index (χ1n) is 8.64. The van der Waals surface area contributed by atoms with Crippen LogP contribution >= 0.6 is 0 Å². The van der Waals surface area contributed by atoms with Gasteiger partial charge in [-0.05, 0) is 43.5 Å². The van der Waals surface area contributed by atoms with E-state index in [1.165, 1.54) is 11.3 Å². The first-order valence-corrected chi connectivity index (χ1v) is 8.64. The Labute approximate surface area is 155 Å². The number of hydrogen-bond acceptors (Lipinski definition) is 4. The molecular formula is C19H29N5O2. The number of guanidine groups is 1. The highest BCUT2D eigenvalue weighted by atomic mass is 16.5. The lowest BCUT2D eigenvalue weighted by atomic mass is 10.1. The van der Waals surface area contributed by atoms with Crippen molar-refractivity contribution < 1.29 is 9.47 Å². The quantitative estimate of drug-likeness (QED) is 0.584. The summed E-state index contributed by atoms with van der Waals surface area (Å²) in [5, 5.41) is 11.1. The first-order chi connectivity index (χ1) is 12.5. The van der Waals surface area contributed by atoms with E-state index >= 15 is 0 Å². The highest BCUT2D eigenvalue weighted by molar-refractivity contribution is 5.79. The second-order valence-corrected chi connectivity index (χ2v) is 6.06. The van der Waals surface area contributed by atoms with Gasteiger partial charge in [0.1, 0.15) is 0 Å². The Morgan fingerprint density at radius 2 is 1.88 bits per heavy atom. The maximum absolute atomic E-state index is 5.34. The van der Waals surface area contributed by atoms with E-state index < -0.39 is 0 Å². The van der Waals surface area contributed by atoms with Gasteiger partial charge in [0.05, 0.1) is 19.9 Å². The van der Waals surface area contributed by atoms with Gasteiger partial charge in [0.15, 0.2) is 17.5 Å². The second kappa shape index (κ2) is 9.12. The Morgan fingerprint density at radius 1 is 1.15 bits per heavy atom. The van der Waals surface area contributed by atoms with Crippen molar-refractivity contribution in [2.24, 2.45) is 12.0 Å². The molecule has 0 aliphatic heterocycles. The largest absolute Gasteiger partial charge is 0.493 e. The minimum atomic E-state index is 0.644. The number of benzene rings is 1. The number of aromatic nitrogens is 2. The van der Waals surface area contributed by atoms with Gasteiger partial charge in [-0.25, -0.2) is 0 Å². The van der Waals surface area contributed by atoms with E-state index in [9.17, 15) is 0 Å². The Bertz CT molecular complexity index is 768. The highest BCUT2D eigenvalue weighted by Gasteiger charge is 2.09. The van der Waals surface area contributed by atoms with Crippen LogP contribution in [-0.2, 0) is 20.0 Å². The van der Waals surface area contributed by atoms with Crippen LogP contribution in [0.5, 0.6) is 11.5 Å². The molecule has 7 nitrogen and oxygen atoms in total. The number of aliphatic imine (C=N–C) groups is 1. The van der Waals surface area contributed by atoms with Crippen molar-refractivity contribution in [1.82, 2.24) is 20.4 Å². The van der Waals surface area contributed by atoms with Crippen LogP contribution in [0.25, 0.3) is 0 Å². The minimum Gasteiger partial charge on any atom is -0.493 e. The van der Waals surface area contributed by atoms with Crippen molar-refractivity contribution in [2.45, 2.75) is 26.8 Å². The maximum Gasteiger partial charge on any atom is 0.191 e. The third kappa shape index (κ3) is 4.68. The van der Waals surface area contributed by atoms with Crippen molar-refractivity contribution in [2.75, 3.05) is 27.8 Å². The molecule has 0 radical (unpaired) electrons. The number of nitrogens with zero attached hydrogens (tertiary/aromatic N) is 3. The summed E-state index contributed by atoms with van der Waals surface area (Å²) in [5.41, 5.74) is 4.66. The van der Waals surface area contributed by atoms with E-state index in [2.05, 4.69) is 27.6 Å². The maximum atomic E-state index is 5.34. The minimum absolute atomic E-state index is 0.644. The summed E-state index contributed by atoms with van der Waals surface area (Å²) in [4.78, 5) is 4.28. The molecular weight excluding hydrogens is 330 g/mol. The molecule has 2 rings (SSSR count). The number of ether oxygens (including phenoxy) is 2. The fourth-order valence-corrected chi connectivity index (χ4v) is 2.88. The van der Waals surface area contributed by atoms with Crippen molar-refractivity contribution in [3.05, 3.63) is 40.7 Å². The second-order valence-electron chi connectivity index (χ2n) is 6.06. The van der Waals surface area contributed by atoms with E-state index in [0.717, 1.165) is 41.7 Å². The monoisotopic (exact) mass is 359 g/mol. The standard InChI is InChI=1S/C19H29N5O2/c1-13-16(14(2)24(4)23-13)9-10-21-19(20-3)22-12-15-7-8-17(25-5)18(11-15)26-6/h7-8,11H,9-10,12H2,1-6H3,(H2,20,21,22). The number of hydrogen-bond donors (Lipinski definition) is 2. The molecule has 0 amide bonds. The molecule has 0 saturated heterocycles. The summed E-state index contributed by atoms with van der Waals surface area (Å²) in [5.74, 6) is 2.21. The van der Waals surface area contributed by atoms with Gasteiger partial charge in [-0.2, -0.15) is 5.10 Å². The smallest absolute Gasteiger partial charge is 0.191 e. The van der Waals surface area contributed by atoms with Crippen LogP contribution in [0.1, 0.15) is 22.5 Å². The van der Waals surface area contributed by atoms with Crippen LogP contribution in [0, 0.1) is 13.8 Å². The molecule has 0 spiro atoms. The van der Waals surface area contributed by atoms with E-state index in [1.54, 1.807) is 21.3 Å². The van der Waals surface area contributed by atoms with E-state index in [1.807, 2.05) is 36.9 Å². The normalized spacial score (nSPS) is 11.4. The SMILES string of the molecule is CN=C(NCCc1c(C)nn(C)c1C)NCc1ccc(OC)c(OC)c1. The zero-order valence-electron chi connectivity index (χ0n) is 16.5. The Morgan fingerprint density at radius 3 is 2.46 bits per heavy atom. The average molecular weight is 359 g/mol. The van der Waals surface area contributed by atoms with E-state index in [0.29, 0.717) is 6.54 Å². The molecule has 2 aromatic rings. The Kier molecular flexibility index (Phi) is 6.89. The van der Waals surface area contributed by atoms with E-state index in [4.69, 9.17) is 9.47 Å². The molecule has 142 valence electrons. The molecule has 1 heterocycles. The predicted octanol–water partition coefficient (Wildman–Crippen LogP) is 1.96. The van der Waals surface area contributed by atoms with Gasteiger partial charge in [-0.3, -0.25) is 9.67 Å². The Hall–Kier alpha value is -2.70. The predicted molar refractivity (Wildman–Crippen MR) is 104 cm³/mol. The van der Waals surface area contributed by atoms with Crippen molar-refractivity contribution in [3.63, 3.8) is 0 Å². The highest BCUT2D eigenvalue weighted by Crippen LogP contribution is 2.27. The lowest BCUT2D eigenvalue weighted by molar-refractivity contribution is 0.354. The molecule has 0 atom stereocenters. The van der Waals surface area contributed by atoms with E-state index in [-0.39, 0.29) is 0 Å². The molecule has 0 fully saturated rings. The van der Waals surface area contributed by atoms with Gasteiger partial charge >= 0.3 is 0 Å². The summed E-state index contributed by atoms with van der Waals surface area (Å²) >= 11 is 0. The van der Waals surface area contributed by atoms with Gasteiger partial charge in [0, 0.05) is 32.9 Å². The molecule has 0 bridgehead atoms. The molecule has 1 aromatic heterocycles. The van der Waals surface area contributed by atoms with Crippen molar-refractivity contribution in [1.29, 1.82) is 0 Å². The topological polar surface area (TPSA) is 72.7 Å². The fourth-order valence-electron chi connectivity index (χ4n) is 2.88. The summed E-state index contributed by atoms with van der Waals surface area (Å²) < 4.78 is 12.5. The summed E-state index contributed by atoms with van der Waals surface area (Å²) in [6.07, 6.45) is 0.905. The number of rotatable bonds is 7. The van der Waals surface area contributed by atoms with Crippen LogP contribution in [0.4, 0.5) is 0 Å². The summed E-state index contributed by atoms with van der Waals surface area (Å²) in [6.45, 7) is 5.58. The van der Waals surface area contributed by atoms with Gasteiger partial charge < -0.3 is 20.1 Å². The molecule has 0 unspecified atom stereocenters. The number of aryl methyl sites for hydroxylation is 2. The van der Waals surface area contributed by atoms with Crippen LogP contribution in [0.2, 0.25) is 0 Å². The Balaban J connectivity index is 1.88. The third-order valence-electron chi connectivity index (χ3n) is 4.46. The van der Waals surface area contributed by atoms with Gasteiger partial charge in [-0.1, -0.05) is 6.07 Å². The molecule has 7 heteroatoms. The average Bonchev–Trinajstić information content (AvgIpc) is 2.89. The van der Waals surface area contributed by atoms with Crippen molar-refractivity contribution in [3.8, 4) is 11.5 Å². The molecule has 1 aromatic carbocycles. The van der Waals surface area contributed by atoms with Crippen LogP contribution in [0.15, 0.2) is 23.2 Å². The zero-order chi connectivity index (χ0) is 19.1. The fraction of sp³-hybridized carbons (Fsp3) is 0.474. The van der Waals surface area contributed by atoms with Crippen LogP contribution < -0.4 is 20.1 Å². The third-order valence-corrected chi connectivity index (χ3v) is 4.46. The summed E-state index contributed by atoms with van der Waals surface area (Å²) in [6, 6.07) is 5.87. The molecule has 0 saturated carbocycles.